The fourth-order valence-corrected chi connectivity index (χ4v) is 7.94. The topological polar surface area (TPSA) is 296 Å². The van der Waals surface area contributed by atoms with Crippen LogP contribution in [-0.2, 0) is 41.6 Å². The summed E-state index contributed by atoms with van der Waals surface area (Å²) in [6, 6.07) is 10.6. The lowest BCUT2D eigenvalue weighted by Crippen LogP contribution is -2.54. The van der Waals surface area contributed by atoms with Gasteiger partial charge in [0, 0.05) is 26.2 Å². The molecule has 0 bridgehead atoms. The number of amides is 4. The molecule has 0 heterocycles. The molecule has 346 valence electrons. The summed E-state index contributed by atoms with van der Waals surface area (Å²) < 4.78 is 33.7. The first kappa shape index (κ1) is 49.7. The summed E-state index contributed by atoms with van der Waals surface area (Å²) in [5.74, 6) is -0.0722. The molecule has 0 spiro atoms. The maximum atomic E-state index is 14.1. The number of hydrogen-bond donors (Lipinski definition) is 10. The Morgan fingerprint density at radius 2 is 0.952 bits per heavy atom. The monoisotopic (exact) mass is 880 g/mol. The minimum absolute atomic E-state index is 0.161. The number of carbonyl (C=O) groups excluding carboxylic acids is 4. The van der Waals surface area contributed by atoms with Gasteiger partial charge in [-0.3, -0.25) is 30.0 Å². The van der Waals surface area contributed by atoms with Gasteiger partial charge in [0.2, 0.25) is 23.6 Å². The number of rotatable bonds is 26. The van der Waals surface area contributed by atoms with E-state index in [0.717, 1.165) is 11.1 Å². The van der Waals surface area contributed by atoms with Crippen LogP contribution in [0.4, 0.5) is 0 Å². The van der Waals surface area contributed by atoms with Gasteiger partial charge in [-0.25, -0.2) is 0 Å². The van der Waals surface area contributed by atoms with Gasteiger partial charge in [0.05, 0.1) is 28.4 Å². The highest BCUT2D eigenvalue weighted by molar-refractivity contribution is 6.18. The number of carbonyl (C=O) groups is 4. The summed E-state index contributed by atoms with van der Waals surface area (Å²) >= 11 is 0. The van der Waals surface area contributed by atoms with E-state index in [-0.39, 0.29) is 45.5 Å². The van der Waals surface area contributed by atoms with Crippen LogP contribution in [-0.4, -0.2) is 97.2 Å². The normalized spacial score (nSPS) is 15.7. The molecule has 0 aromatic heterocycles. The molecule has 0 aliphatic heterocycles. The Balaban J connectivity index is 1.45. The van der Waals surface area contributed by atoms with Crippen LogP contribution < -0.4 is 62.3 Å². The molecule has 2 aromatic rings. The molecular weight excluding hydrogens is 815 g/mol. The molecular formula is C42H65BN10O10. The maximum absolute atomic E-state index is 14.1. The SMILES string of the molecule is COc1ccc(CNC(=O)C2(C(=O)NC(CCCNC(=N)N)OBOC(CCCNC(=N)N)NC(=O)C3(C(=O)NCc4ccc(OC)c(OC)c4)CCCC3)CCCC2)cc1OC. The predicted molar refractivity (Wildman–Crippen MR) is 236 cm³/mol. The standard InChI is InChI=1S/C42H65BN10O10/c1-58-29-15-13-27(23-31(29)60-3)25-50-35(54)41(17-5-6-18-41)37(56)52-33(11-9-21-48-39(44)45)62-43-63-34(12-10-22-49-40(46)47)53-38(57)42(19-7-8-20-42)36(55)51-26-28-14-16-30(59-2)32(24-28)61-4/h13-16,23-24,33-34,43H,5-12,17-22,25-26H2,1-4H3,(H,50,54)(H,51,55)(H,52,56)(H,53,57)(H4,44,45,48)(H4,46,47,49). The average molecular weight is 881 g/mol. The molecule has 2 unspecified atom stereocenters. The number of ether oxygens (including phenoxy) is 4. The van der Waals surface area contributed by atoms with E-state index in [2.05, 4.69) is 31.9 Å². The van der Waals surface area contributed by atoms with Crippen LogP contribution in [0.5, 0.6) is 23.0 Å². The third kappa shape index (κ3) is 14.0. The molecule has 20 nitrogen and oxygen atoms in total. The fraction of sp³-hybridized carbons (Fsp3) is 0.571. The van der Waals surface area contributed by atoms with Crippen molar-refractivity contribution >= 4 is 43.2 Å². The van der Waals surface area contributed by atoms with E-state index in [0.29, 0.717) is 100 Å². The highest BCUT2D eigenvalue weighted by Crippen LogP contribution is 2.40. The van der Waals surface area contributed by atoms with E-state index in [1.807, 2.05) is 12.1 Å². The highest BCUT2D eigenvalue weighted by Gasteiger charge is 2.49. The number of guanidine groups is 2. The van der Waals surface area contributed by atoms with Gasteiger partial charge in [-0.15, -0.1) is 0 Å². The smallest absolute Gasteiger partial charge is 0.441 e. The Labute approximate surface area is 369 Å². The van der Waals surface area contributed by atoms with Gasteiger partial charge in [-0.2, -0.15) is 0 Å². The Bertz CT molecular complexity index is 1740. The number of nitrogens with two attached hydrogens (primary N) is 2. The van der Waals surface area contributed by atoms with Crippen molar-refractivity contribution in [3.8, 4) is 23.0 Å². The Hall–Kier alpha value is -5.96. The van der Waals surface area contributed by atoms with Crippen LogP contribution in [0.15, 0.2) is 36.4 Å². The van der Waals surface area contributed by atoms with Crippen molar-refractivity contribution in [3.63, 3.8) is 0 Å². The largest absolute Gasteiger partial charge is 0.493 e. The molecule has 2 saturated carbocycles. The van der Waals surface area contributed by atoms with E-state index in [1.54, 1.807) is 24.3 Å². The fourth-order valence-electron chi connectivity index (χ4n) is 7.94. The maximum Gasteiger partial charge on any atom is 0.441 e. The van der Waals surface area contributed by atoms with Crippen molar-refractivity contribution < 1.29 is 47.4 Å². The summed E-state index contributed by atoms with van der Waals surface area (Å²) in [4.78, 5) is 56.0. The summed E-state index contributed by atoms with van der Waals surface area (Å²) in [6.45, 7) is 0.963. The van der Waals surface area contributed by atoms with E-state index in [4.69, 9.17) is 50.5 Å². The average Bonchev–Trinajstić information content (AvgIpc) is 4.00. The summed E-state index contributed by atoms with van der Waals surface area (Å²) in [7, 11) is 5.75. The first-order chi connectivity index (χ1) is 30.3. The minimum atomic E-state index is -1.34. The van der Waals surface area contributed by atoms with E-state index in [1.165, 1.54) is 28.4 Å². The quantitative estimate of drug-likeness (QED) is 0.0160. The number of methoxy groups -OCH3 is 4. The van der Waals surface area contributed by atoms with E-state index >= 15 is 0 Å². The van der Waals surface area contributed by atoms with Crippen molar-refractivity contribution in [3.05, 3.63) is 47.5 Å². The van der Waals surface area contributed by atoms with Gasteiger partial charge in [0.15, 0.2) is 34.9 Å². The molecule has 2 fully saturated rings. The van der Waals surface area contributed by atoms with Crippen molar-refractivity contribution in [2.75, 3.05) is 41.5 Å². The number of benzene rings is 2. The Kier molecular flexibility index (Phi) is 19.4. The molecule has 12 N–H and O–H groups in total. The minimum Gasteiger partial charge on any atom is -0.493 e. The van der Waals surface area contributed by atoms with Crippen molar-refractivity contribution in [1.29, 1.82) is 10.8 Å². The number of hydrogen-bond acceptors (Lipinski definition) is 12. The molecule has 0 saturated heterocycles. The molecule has 4 rings (SSSR count). The first-order valence-corrected chi connectivity index (χ1v) is 21.3. The van der Waals surface area contributed by atoms with Crippen LogP contribution in [0, 0.1) is 21.6 Å². The predicted octanol–water partition coefficient (Wildman–Crippen LogP) is 1.49. The van der Waals surface area contributed by atoms with Crippen LogP contribution in [0.1, 0.15) is 88.2 Å². The Morgan fingerprint density at radius 3 is 1.29 bits per heavy atom. The zero-order valence-electron chi connectivity index (χ0n) is 36.9. The molecule has 63 heavy (non-hydrogen) atoms. The second-order valence-electron chi connectivity index (χ2n) is 15.7. The van der Waals surface area contributed by atoms with Crippen LogP contribution in [0.2, 0.25) is 0 Å². The molecule has 0 radical (unpaired) electrons. The molecule has 2 aliphatic rings. The lowest BCUT2D eigenvalue weighted by atomic mass is 9.83. The third-order valence-corrected chi connectivity index (χ3v) is 11.5. The molecule has 2 aromatic carbocycles. The lowest BCUT2D eigenvalue weighted by Gasteiger charge is -2.31. The zero-order valence-corrected chi connectivity index (χ0v) is 36.9. The highest BCUT2D eigenvalue weighted by atomic mass is 16.6. The van der Waals surface area contributed by atoms with Gasteiger partial charge < -0.3 is 71.6 Å². The number of nitrogens with one attached hydrogen (secondary N) is 8. The van der Waals surface area contributed by atoms with Gasteiger partial charge in [-0.05, 0) is 86.8 Å². The van der Waals surface area contributed by atoms with Crippen LogP contribution in [0.3, 0.4) is 0 Å². The third-order valence-electron chi connectivity index (χ3n) is 11.5. The molecule has 2 aliphatic carbocycles. The lowest BCUT2D eigenvalue weighted by molar-refractivity contribution is -0.146. The van der Waals surface area contributed by atoms with Crippen LogP contribution >= 0.6 is 0 Å². The summed E-state index contributed by atoms with van der Waals surface area (Å²) in [6.07, 6.45) is 3.65. The van der Waals surface area contributed by atoms with Crippen molar-refractivity contribution in [1.82, 2.24) is 31.9 Å². The second kappa shape index (κ2) is 24.6. The van der Waals surface area contributed by atoms with Gasteiger partial charge in [-0.1, -0.05) is 37.8 Å². The Morgan fingerprint density at radius 1 is 0.587 bits per heavy atom. The van der Waals surface area contributed by atoms with Crippen LogP contribution in [0.25, 0.3) is 0 Å². The second-order valence-corrected chi connectivity index (χ2v) is 15.7. The first-order valence-electron chi connectivity index (χ1n) is 21.3. The molecule has 21 heteroatoms. The zero-order chi connectivity index (χ0) is 45.8. The summed E-state index contributed by atoms with van der Waals surface area (Å²) in [5, 5.41) is 32.3. The van der Waals surface area contributed by atoms with E-state index in [9.17, 15) is 19.2 Å². The molecule has 4 amide bonds. The summed E-state index contributed by atoms with van der Waals surface area (Å²) in [5.41, 5.74) is 9.81. The van der Waals surface area contributed by atoms with Crippen molar-refractivity contribution in [2.45, 2.75) is 103 Å². The van der Waals surface area contributed by atoms with Gasteiger partial charge in [0.1, 0.15) is 23.3 Å². The van der Waals surface area contributed by atoms with Gasteiger partial charge >= 0.3 is 7.69 Å². The molecule has 2 atom stereocenters. The van der Waals surface area contributed by atoms with Gasteiger partial charge in [0.25, 0.3) is 0 Å². The van der Waals surface area contributed by atoms with Crippen molar-refractivity contribution in [2.24, 2.45) is 22.3 Å². The van der Waals surface area contributed by atoms with E-state index < -0.39 is 46.9 Å².